The van der Waals surface area contributed by atoms with E-state index in [-0.39, 0.29) is 13.0 Å². The summed E-state index contributed by atoms with van der Waals surface area (Å²) in [6.45, 7) is 1.90. The minimum Gasteiger partial charge on any atom is -0.491 e. The Hall–Kier alpha value is -2.37. The van der Waals surface area contributed by atoms with Gasteiger partial charge in [0, 0.05) is 12.8 Å². The van der Waals surface area contributed by atoms with Crippen molar-refractivity contribution in [2.45, 2.75) is 38.2 Å². The minimum absolute atomic E-state index is 0.101. The van der Waals surface area contributed by atoms with E-state index < -0.39 is 12.1 Å². The standard InChI is InChI=1S/C25H33NO4/c1-26(2,13-12-20-14-21-7-3-4-8-22(21)15-20)17-23(27)18-30-24-9-5-6-19(16-24)10-11-25(28)29/h3-9,16,20,23,27H,10-15,17-18H2,1-2H3/p+1/t23-/m1/s1. The molecular weight excluding hydrogens is 378 g/mol. The lowest BCUT2D eigenvalue weighted by molar-refractivity contribution is -0.894. The van der Waals surface area contributed by atoms with Crippen LogP contribution in [0.15, 0.2) is 48.5 Å². The molecule has 30 heavy (non-hydrogen) atoms. The van der Waals surface area contributed by atoms with Crippen LogP contribution in [-0.2, 0) is 24.1 Å². The summed E-state index contributed by atoms with van der Waals surface area (Å²) in [5.41, 5.74) is 3.91. The van der Waals surface area contributed by atoms with Gasteiger partial charge in [0.05, 0.1) is 20.6 Å². The Morgan fingerprint density at radius 3 is 2.50 bits per heavy atom. The van der Waals surface area contributed by atoms with E-state index in [4.69, 9.17) is 9.84 Å². The normalized spacial score (nSPS) is 15.0. The number of fused-ring (bicyclic) bond motifs is 1. The quantitative estimate of drug-likeness (QED) is 0.556. The first-order chi connectivity index (χ1) is 14.3. The van der Waals surface area contributed by atoms with Crippen molar-refractivity contribution in [3.63, 3.8) is 0 Å². The van der Waals surface area contributed by atoms with Crippen LogP contribution in [0.25, 0.3) is 0 Å². The Balaban J connectivity index is 1.41. The Morgan fingerprint density at radius 2 is 1.83 bits per heavy atom. The van der Waals surface area contributed by atoms with Crippen LogP contribution in [-0.4, -0.2) is 60.6 Å². The number of hydrogen-bond donors (Lipinski definition) is 2. The zero-order valence-corrected chi connectivity index (χ0v) is 18.1. The molecule has 0 bridgehead atoms. The van der Waals surface area contributed by atoms with Gasteiger partial charge in [-0.05, 0) is 54.0 Å². The number of carboxylic acids is 1. The maximum absolute atomic E-state index is 10.7. The zero-order chi connectivity index (χ0) is 21.6. The first kappa shape index (κ1) is 22.3. The number of carboxylic acid groups (broad SMARTS) is 1. The maximum Gasteiger partial charge on any atom is 0.303 e. The predicted octanol–water partition coefficient (Wildman–Crippen LogP) is 3.33. The summed E-state index contributed by atoms with van der Waals surface area (Å²) in [4.78, 5) is 10.7. The van der Waals surface area contributed by atoms with Gasteiger partial charge in [0.15, 0.2) is 0 Å². The molecule has 5 nitrogen and oxygen atoms in total. The number of aliphatic carboxylic acids is 1. The molecular formula is C25H34NO4+. The molecule has 1 aliphatic carbocycles. The van der Waals surface area contributed by atoms with E-state index in [0.717, 1.165) is 23.0 Å². The highest BCUT2D eigenvalue weighted by Crippen LogP contribution is 2.29. The van der Waals surface area contributed by atoms with Crippen molar-refractivity contribution < 1.29 is 24.2 Å². The van der Waals surface area contributed by atoms with Crippen molar-refractivity contribution in [2.24, 2.45) is 5.92 Å². The van der Waals surface area contributed by atoms with Crippen LogP contribution >= 0.6 is 0 Å². The smallest absolute Gasteiger partial charge is 0.303 e. The van der Waals surface area contributed by atoms with Crippen molar-refractivity contribution >= 4 is 5.97 Å². The number of benzene rings is 2. The number of likely N-dealkylation sites (N-methyl/N-ethyl adjacent to an activating group) is 1. The first-order valence-electron chi connectivity index (χ1n) is 10.8. The summed E-state index contributed by atoms with van der Waals surface area (Å²) in [5.74, 6) is 0.561. The molecule has 2 N–H and O–H groups in total. The van der Waals surface area contributed by atoms with E-state index in [1.807, 2.05) is 24.3 Å². The fourth-order valence-corrected chi connectivity index (χ4v) is 4.34. The summed E-state index contributed by atoms with van der Waals surface area (Å²) in [7, 11) is 4.33. The predicted molar refractivity (Wildman–Crippen MR) is 118 cm³/mol. The summed E-state index contributed by atoms with van der Waals surface area (Å²) >= 11 is 0. The lowest BCUT2D eigenvalue weighted by atomic mass is 10.0. The fourth-order valence-electron chi connectivity index (χ4n) is 4.34. The molecule has 0 fully saturated rings. The van der Waals surface area contributed by atoms with Crippen molar-refractivity contribution in [1.82, 2.24) is 0 Å². The van der Waals surface area contributed by atoms with Gasteiger partial charge in [0.1, 0.15) is 25.0 Å². The van der Waals surface area contributed by atoms with E-state index in [1.165, 1.54) is 24.0 Å². The highest BCUT2D eigenvalue weighted by molar-refractivity contribution is 5.67. The largest absolute Gasteiger partial charge is 0.491 e. The van der Waals surface area contributed by atoms with Gasteiger partial charge in [0.2, 0.25) is 0 Å². The molecule has 0 saturated heterocycles. The number of hydrogen-bond acceptors (Lipinski definition) is 3. The lowest BCUT2D eigenvalue weighted by Gasteiger charge is -2.32. The molecule has 162 valence electrons. The van der Waals surface area contributed by atoms with Gasteiger partial charge in [-0.15, -0.1) is 0 Å². The van der Waals surface area contributed by atoms with Gasteiger partial charge in [-0.1, -0.05) is 36.4 Å². The third-order valence-electron chi connectivity index (χ3n) is 5.95. The zero-order valence-electron chi connectivity index (χ0n) is 18.1. The summed E-state index contributed by atoms with van der Waals surface area (Å²) in [6, 6.07) is 16.2. The number of nitrogens with zero attached hydrogens (tertiary/aromatic N) is 1. The number of rotatable bonds is 11. The Bertz CT molecular complexity index is 824. The molecule has 0 saturated carbocycles. The fraction of sp³-hybridized carbons (Fsp3) is 0.480. The third-order valence-corrected chi connectivity index (χ3v) is 5.95. The van der Waals surface area contributed by atoms with Crippen LogP contribution in [0.5, 0.6) is 5.75 Å². The molecule has 3 rings (SSSR count). The van der Waals surface area contributed by atoms with Crippen molar-refractivity contribution in [1.29, 1.82) is 0 Å². The molecule has 0 aliphatic heterocycles. The molecule has 0 radical (unpaired) electrons. The second kappa shape index (κ2) is 10.1. The average molecular weight is 413 g/mol. The van der Waals surface area contributed by atoms with Crippen LogP contribution < -0.4 is 4.74 Å². The molecule has 1 atom stereocenters. The Morgan fingerprint density at radius 1 is 1.13 bits per heavy atom. The number of aliphatic hydroxyl groups excluding tert-OH is 1. The topological polar surface area (TPSA) is 66.8 Å². The summed E-state index contributed by atoms with van der Waals surface area (Å²) in [5, 5.41) is 19.3. The van der Waals surface area contributed by atoms with Crippen LogP contribution in [0, 0.1) is 5.92 Å². The monoisotopic (exact) mass is 412 g/mol. The van der Waals surface area contributed by atoms with Gasteiger partial charge in [-0.2, -0.15) is 0 Å². The second-order valence-corrected chi connectivity index (χ2v) is 9.18. The minimum atomic E-state index is -0.807. The molecule has 0 heterocycles. The Kier molecular flexibility index (Phi) is 7.51. The summed E-state index contributed by atoms with van der Waals surface area (Å²) < 4.78 is 6.53. The molecule has 0 unspecified atom stereocenters. The molecule has 2 aromatic rings. The van der Waals surface area contributed by atoms with Crippen LogP contribution in [0.2, 0.25) is 0 Å². The molecule has 0 aromatic heterocycles. The van der Waals surface area contributed by atoms with Gasteiger partial charge in [0.25, 0.3) is 0 Å². The second-order valence-electron chi connectivity index (χ2n) is 9.18. The van der Waals surface area contributed by atoms with Crippen molar-refractivity contribution in [3.8, 4) is 5.75 Å². The number of ether oxygens (including phenoxy) is 1. The van der Waals surface area contributed by atoms with Crippen LogP contribution in [0.4, 0.5) is 0 Å². The third kappa shape index (κ3) is 6.85. The number of aliphatic hydroxyl groups is 1. The van der Waals surface area contributed by atoms with Crippen molar-refractivity contribution in [2.75, 3.05) is 33.8 Å². The van der Waals surface area contributed by atoms with Gasteiger partial charge >= 0.3 is 5.97 Å². The maximum atomic E-state index is 10.7. The van der Waals surface area contributed by atoms with Crippen molar-refractivity contribution in [3.05, 3.63) is 65.2 Å². The molecule has 5 heteroatoms. The van der Waals surface area contributed by atoms with E-state index in [1.54, 1.807) is 0 Å². The van der Waals surface area contributed by atoms with Crippen LogP contribution in [0.3, 0.4) is 0 Å². The first-order valence-corrected chi connectivity index (χ1v) is 10.8. The molecule has 0 spiro atoms. The van der Waals surface area contributed by atoms with Crippen LogP contribution in [0.1, 0.15) is 29.5 Å². The molecule has 0 amide bonds. The highest BCUT2D eigenvalue weighted by Gasteiger charge is 2.26. The van der Waals surface area contributed by atoms with E-state index in [2.05, 4.69) is 38.4 Å². The van der Waals surface area contributed by atoms with E-state index >= 15 is 0 Å². The van der Waals surface area contributed by atoms with E-state index in [9.17, 15) is 9.90 Å². The van der Waals surface area contributed by atoms with Gasteiger partial charge in [-0.25, -0.2) is 0 Å². The average Bonchev–Trinajstić information content (AvgIpc) is 3.12. The highest BCUT2D eigenvalue weighted by atomic mass is 16.5. The number of quaternary nitrogens is 1. The van der Waals surface area contributed by atoms with Gasteiger partial charge in [-0.3, -0.25) is 4.79 Å². The molecule has 2 aromatic carbocycles. The number of aryl methyl sites for hydroxylation is 1. The summed E-state index contributed by atoms with van der Waals surface area (Å²) in [6.07, 6.45) is 3.51. The molecule has 1 aliphatic rings. The number of carbonyl (C=O) groups is 1. The Labute approximate surface area is 179 Å². The lowest BCUT2D eigenvalue weighted by Crippen LogP contribution is -2.48. The SMILES string of the molecule is C[N+](C)(CCC1Cc2ccccc2C1)C[C@@H](O)COc1cccc(CCC(=O)O)c1. The van der Waals surface area contributed by atoms with Gasteiger partial charge < -0.3 is 19.4 Å². The van der Waals surface area contributed by atoms with E-state index in [0.29, 0.717) is 24.6 Å².